The van der Waals surface area contributed by atoms with Gasteiger partial charge in [-0.1, -0.05) is 42.5 Å². The molecule has 0 spiro atoms. The molecule has 0 atom stereocenters. The van der Waals surface area contributed by atoms with Crippen LogP contribution in [0.4, 0.5) is 0 Å². The first-order chi connectivity index (χ1) is 8.75. The Balaban J connectivity index is 2.12. The van der Waals surface area contributed by atoms with Crippen molar-refractivity contribution < 1.29 is 4.79 Å². The van der Waals surface area contributed by atoms with Crippen LogP contribution < -0.4 is 0 Å². The maximum absolute atomic E-state index is 11.7. The van der Waals surface area contributed by atoms with Gasteiger partial charge >= 0.3 is 0 Å². The predicted molar refractivity (Wildman–Crippen MR) is 73.1 cm³/mol. The van der Waals surface area contributed by atoms with Crippen molar-refractivity contribution in [3.05, 3.63) is 70.3 Å². The van der Waals surface area contributed by atoms with Gasteiger partial charge in [0.15, 0.2) is 5.78 Å². The minimum absolute atomic E-state index is 0.179. The Morgan fingerprint density at radius 2 is 1.61 bits per heavy atom. The molecule has 0 aliphatic heterocycles. The van der Waals surface area contributed by atoms with Crippen LogP contribution in [-0.4, -0.2) is 5.78 Å². The molecule has 90 valence electrons. The van der Waals surface area contributed by atoms with Crippen molar-refractivity contribution in [2.24, 2.45) is 0 Å². The summed E-state index contributed by atoms with van der Waals surface area (Å²) in [6.45, 7) is 1.66. The van der Waals surface area contributed by atoms with Crippen molar-refractivity contribution in [3.63, 3.8) is 0 Å². The maximum Gasteiger partial charge on any atom is 0.160 e. The molecule has 0 saturated carbocycles. The number of rotatable bonds is 1. The summed E-state index contributed by atoms with van der Waals surface area (Å²) >= 11 is 0. The highest BCUT2D eigenvalue weighted by Crippen LogP contribution is 2.26. The molecule has 0 bridgehead atoms. The minimum Gasteiger partial charge on any atom is -0.295 e. The summed E-state index contributed by atoms with van der Waals surface area (Å²) in [6.07, 6.45) is 2.96. The van der Waals surface area contributed by atoms with Gasteiger partial charge in [-0.15, -0.1) is 0 Å². The number of carbonyl (C=O) groups is 1. The average Bonchev–Trinajstić information content (AvgIpc) is 2.56. The monoisotopic (exact) mass is 236 g/mol. The topological polar surface area (TPSA) is 17.1 Å². The molecule has 2 aromatic carbocycles. The summed E-state index contributed by atoms with van der Waals surface area (Å²) in [5.74, 6) is 0.179. The second kappa shape index (κ2) is 4.41. The zero-order valence-electron chi connectivity index (χ0n) is 10.6. The first-order valence-corrected chi connectivity index (χ1v) is 6.44. The molecule has 18 heavy (non-hydrogen) atoms. The maximum atomic E-state index is 11.7. The molecule has 0 amide bonds. The second-order valence-corrected chi connectivity index (χ2v) is 4.94. The van der Waals surface area contributed by atoms with E-state index in [4.69, 9.17) is 0 Å². The van der Waals surface area contributed by atoms with Crippen molar-refractivity contribution in [1.82, 2.24) is 0 Å². The third-order valence-corrected chi connectivity index (χ3v) is 3.80. The smallest absolute Gasteiger partial charge is 0.160 e. The van der Waals surface area contributed by atoms with Crippen LogP contribution in [0.1, 0.15) is 39.5 Å². The molecule has 0 unspecified atom stereocenters. The molecule has 0 saturated heterocycles. The zero-order valence-corrected chi connectivity index (χ0v) is 10.6. The number of carbonyl (C=O) groups excluding carboxylic acids is 1. The average molecular weight is 236 g/mol. The fourth-order valence-corrected chi connectivity index (χ4v) is 2.86. The molecule has 1 aliphatic rings. The SMILES string of the molecule is CC(=O)c1cccc2c1CCc1ccccc1C2. The second-order valence-electron chi connectivity index (χ2n) is 4.94. The van der Waals surface area contributed by atoms with E-state index < -0.39 is 0 Å². The Hall–Kier alpha value is -1.89. The predicted octanol–water partition coefficient (Wildman–Crippen LogP) is 3.58. The third-order valence-electron chi connectivity index (χ3n) is 3.80. The Kier molecular flexibility index (Phi) is 2.75. The largest absolute Gasteiger partial charge is 0.295 e. The normalized spacial score (nSPS) is 13.4. The fraction of sp³-hybridized carbons (Fsp3) is 0.235. The van der Waals surface area contributed by atoms with Crippen LogP contribution >= 0.6 is 0 Å². The molecule has 0 radical (unpaired) electrons. The number of benzene rings is 2. The van der Waals surface area contributed by atoms with Gasteiger partial charge in [-0.3, -0.25) is 4.79 Å². The summed E-state index contributed by atoms with van der Waals surface area (Å²) in [5.41, 5.74) is 6.29. The van der Waals surface area contributed by atoms with E-state index in [2.05, 4.69) is 30.3 Å². The number of aryl methyl sites for hydroxylation is 1. The molecule has 1 heteroatoms. The Labute approximate surface area is 107 Å². The van der Waals surface area contributed by atoms with Crippen LogP contribution in [0.5, 0.6) is 0 Å². The first-order valence-electron chi connectivity index (χ1n) is 6.44. The number of fused-ring (bicyclic) bond motifs is 2. The highest BCUT2D eigenvalue weighted by atomic mass is 16.1. The lowest BCUT2D eigenvalue weighted by Crippen LogP contribution is -2.03. The van der Waals surface area contributed by atoms with Crippen molar-refractivity contribution in [2.75, 3.05) is 0 Å². The van der Waals surface area contributed by atoms with Crippen LogP contribution in [0.15, 0.2) is 42.5 Å². The van der Waals surface area contributed by atoms with E-state index in [9.17, 15) is 4.79 Å². The molecule has 1 nitrogen and oxygen atoms in total. The zero-order chi connectivity index (χ0) is 12.5. The molecular formula is C17H16O. The van der Waals surface area contributed by atoms with Gasteiger partial charge in [-0.2, -0.15) is 0 Å². The number of ketones is 1. The quantitative estimate of drug-likeness (QED) is 0.692. The van der Waals surface area contributed by atoms with Gasteiger partial charge in [-0.05, 0) is 48.4 Å². The highest BCUT2D eigenvalue weighted by Gasteiger charge is 2.16. The van der Waals surface area contributed by atoms with Gasteiger partial charge in [0.05, 0.1) is 0 Å². The molecule has 0 N–H and O–H groups in total. The number of Topliss-reactive ketones (excluding diaryl/α,β-unsaturated/α-hetero) is 1. The number of hydrogen-bond donors (Lipinski definition) is 0. The standard InChI is InChI=1S/C17H16O/c1-12(18)16-8-4-7-15-11-14-6-3-2-5-13(14)9-10-17(15)16/h2-8H,9-11H2,1H3. The minimum atomic E-state index is 0.179. The van der Waals surface area contributed by atoms with Crippen LogP contribution in [0.25, 0.3) is 0 Å². The summed E-state index contributed by atoms with van der Waals surface area (Å²) < 4.78 is 0. The van der Waals surface area contributed by atoms with E-state index in [0.717, 1.165) is 24.8 Å². The van der Waals surface area contributed by atoms with E-state index in [-0.39, 0.29) is 5.78 Å². The summed E-state index contributed by atoms with van der Waals surface area (Å²) in [6, 6.07) is 14.7. The Morgan fingerprint density at radius 3 is 2.39 bits per heavy atom. The molecule has 2 aromatic rings. The molecule has 0 heterocycles. The summed E-state index contributed by atoms with van der Waals surface area (Å²) in [7, 11) is 0. The fourth-order valence-electron chi connectivity index (χ4n) is 2.86. The Bertz CT molecular complexity index is 611. The lowest BCUT2D eigenvalue weighted by atomic mass is 9.94. The van der Waals surface area contributed by atoms with Gasteiger partial charge in [-0.25, -0.2) is 0 Å². The van der Waals surface area contributed by atoms with E-state index in [1.807, 2.05) is 12.1 Å². The first kappa shape index (κ1) is 11.2. The van der Waals surface area contributed by atoms with Gasteiger partial charge in [0.2, 0.25) is 0 Å². The van der Waals surface area contributed by atoms with Crippen molar-refractivity contribution >= 4 is 5.78 Å². The van der Waals surface area contributed by atoms with Crippen molar-refractivity contribution in [2.45, 2.75) is 26.2 Å². The number of hydrogen-bond acceptors (Lipinski definition) is 1. The molecule has 0 fully saturated rings. The van der Waals surface area contributed by atoms with E-state index in [1.54, 1.807) is 6.92 Å². The lowest BCUT2D eigenvalue weighted by molar-refractivity contribution is 0.101. The molecule has 1 aliphatic carbocycles. The third kappa shape index (κ3) is 1.86. The summed E-state index contributed by atoms with van der Waals surface area (Å²) in [5, 5.41) is 0. The highest BCUT2D eigenvalue weighted by molar-refractivity contribution is 5.96. The van der Waals surface area contributed by atoms with E-state index in [0.29, 0.717) is 0 Å². The molecule has 3 rings (SSSR count). The van der Waals surface area contributed by atoms with Gasteiger partial charge in [0.25, 0.3) is 0 Å². The van der Waals surface area contributed by atoms with E-state index in [1.165, 1.54) is 22.3 Å². The summed E-state index contributed by atoms with van der Waals surface area (Å²) in [4.78, 5) is 11.7. The van der Waals surface area contributed by atoms with Crippen molar-refractivity contribution in [1.29, 1.82) is 0 Å². The van der Waals surface area contributed by atoms with Crippen LogP contribution in [-0.2, 0) is 19.3 Å². The van der Waals surface area contributed by atoms with E-state index >= 15 is 0 Å². The molecule has 0 aromatic heterocycles. The molecular weight excluding hydrogens is 220 g/mol. The lowest BCUT2D eigenvalue weighted by Gasteiger charge is -2.09. The van der Waals surface area contributed by atoms with Crippen LogP contribution in [0.2, 0.25) is 0 Å². The van der Waals surface area contributed by atoms with Gasteiger partial charge in [0.1, 0.15) is 0 Å². The van der Waals surface area contributed by atoms with Gasteiger partial charge < -0.3 is 0 Å². The van der Waals surface area contributed by atoms with Crippen molar-refractivity contribution in [3.8, 4) is 0 Å². The van der Waals surface area contributed by atoms with Crippen LogP contribution in [0, 0.1) is 0 Å². The van der Waals surface area contributed by atoms with Gasteiger partial charge in [0, 0.05) is 5.56 Å². The van der Waals surface area contributed by atoms with Crippen LogP contribution in [0.3, 0.4) is 0 Å². The Morgan fingerprint density at radius 1 is 0.889 bits per heavy atom.